The average molecular weight is 265 g/mol. The number of rotatable bonds is 6. The maximum Gasteiger partial charge on any atom is 0.118 e. The van der Waals surface area contributed by atoms with Gasteiger partial charge in [0.15, 0.2) is 0 Å². The second-order valence-corrected chi connectivity index (χ2v) is 5.07. The standard InChI is InChI=1S/C15H23NO3/c1-11-13(7-8-19-11)9-16-10-15(17)12-3-5-14(18-2)6-4-12/h3-6,11,13,15-17H,7-10H2,1-2H3. The van der Waals surface area contributed by atoms with E-state index in [9.17, 15) is 5.11 Å². The summed E-state index contributed by atoms with van der Waals surface area (Å²) < 4.78 is 10.6. The molecular weight excluding hydrogens is 242 g/mol. The topological polar surface area (TPSA) is 50.7 Å². The molecule has 2 rings (SSSR count). The highest BCUT2D eigenvalue weighted by Gasteiger charge is 2.23. The molecule has 0 aliphatic carbocycles. The predicted octanol–water partition coefficient (Wildman–Crippen LogP) is 1.74. The predicted molar refractivity (Wildman–Crippen MR) is 74.3 cm³/mol. The number of benzene rings is 1. The maximum absolute atomic E-state index is 10.1. The smallest absolute Gasteiger partial charge is 0.118 e. The lowest BCUT2D eigenvalue weighted by Gasteiger charge is -2.17. The van der Waals surface area contributed by atoms with Crippen LogP contribution in [0.3, 0.4) is 0 Å². The Morgan fingerprint density at radius 3 is 2.74 bits per heavy atom. The fraction of sp³-hybridized carbons (Fsp3) is 0.600. The van der Waals surface area contributed by atoms with Crippen LogP contribution in [-0.2, 0) is 4.74 Å². The molecule has 106 valence electrons. The number of hydrogen-bond acceptors (Lipinski definition) is 4. The zero-order valence-electron chi connectivity index (χ0n) is 11.6. The van der Waals surface area contributed by atoms with Gasteiger partial charge < -0.3 is 19.9 Å². The van der Waals surface area contributed by atoms with Crippen LogP contribution in [0.5, 0.6) is 5.75 Å². The Bertz CT molecular complexity index is 379. The van der Waals surface area contributed by atoms with Crippen molar-refractivity contribution in [2.75, 3.05) is 26.8 Å². The Morgan fingerprint density at radius 1 is 1.42 bits per heavy atom. The van der Waals surface area contributed by atoms with Gasteiger partial charge in [0.25, 0.3) is 0 Å². The van der Waals surface area contributed by atoms with Crippen LogP contribution in [0.25, 0.3) is 0 Å². The SMILES string of the molecule is COc1ccc(C(O)CNCC2CCOC2C)cc1. The van der Waals surface area contributed by atoms with E-state index in [2.05, 4.69) is 12.2 Å². The van der Waals surface area contributed by atoms with Crippen molar-refractivity contribution in [3.05, 3.63) is 29.8 Å². The summed E-state index contributed by atoms with van der Waals surface area (Å²) in [6.07, 6.45) is 0.946. The van der Waals surface area contributed by atoms with Crippen molar-refractivity contribution < 1.29 is 14.6 Å². The van der Waals surface area contributed by atoms with Gasteiger partial charge in [-0.1, -0.05) is 12.1 Å². The van der Waals surface area contributed by atoms with Gasteiger partial charge in [-0.3, -0.25) is 0 Å². The third-order valence-corrected chi connectivity index (χ3v) is 3.78. The number of aliphatic hydroxyl groups is 1. The molecule has 1 aromatic rings. The zero-order valence-corrected chi connectivity index (χ0v) is 11.6. The van der Waals surface area contributed by atoms with Crippen molar-refractivity contribution in [1.82, 2.24) is 5.32 Å². The van der Waals surface area contributed by atoms with Gasteiger partial charge in [0.2, 0.25) is 0 Å². The van der Waals surface area contributed by atoms with Gasteiger partial charge in [-0.2, -0.15) is 0 Å². The average Bonchev–Trinajstić information content (AvgIpc) is 2.84. The molecule has 3 atom stereocenters. The Kier molecular flexibility index (Phi) is 5.19. The number of ether oxygens (including phenoxy) is 2. The fourth-order valence-electron chi connectivity index (χ4n) is 2.39. The number of aliphatic hydroxyl groups excluding tert-OH is 1. The molecule has 1 saturated heterocycles. The van der Waals surface area contributed by atoms with Crippen LogP contribution >= 0.6 is 0 Å². The summed E-state index contributed by atoms with van der Waals surface area (Å²) in [5.41, 5.74) is 0.907. The van der Waals surface area contributed by atoms with Crippen molar-refractivity contribution in [2.45, 2.75) is 25.6 Å². The summed E-state index contributed by atoms with van der Waals surface area (Å²) in [5, 5.41) is 13.4. The van der Waals surface area contributed by atoms with E-state index in [0.29, 0.717) is 18.6 Å². The lowest BCUT2D eigenvalue weighted by Crippen LogP contribution is -2.30. The van der Waals surface area contributed by atoms with Crippen LogP contribution in [0.4, 0.5) is 0 Å². The summed E-state index contributed by atoms with van der Waals surface area (Å²) in [5.74, 6) is 1.36. The van der Waals surface area contributed by atoms with Crippen LogP contribution in [0, 0.1) is 5.92 Å². The van der Waals surface area contributed by atoms with Crippen LogP contribution in [0.15, 0.2) is 24.3 Å². The Hall–Kier alpha value is -1.10. The molecule has 0 amide bonds. The van der Waals surface area contributed by atoms with E-state index in [1.54, 1.807) is 7.11 Å². The van der Waals surface area contributed by atoms with E-state index in [4.69, 9.17) is 9.47 Å². The first kappa shape index (κ1) is 14.3. The molecule has 19 heavy (non-hydrogen) atoms. The molecule has 1 aliphatic heterocycles. The lowest BCUT2D eigenvalue weighted by atomic mass is 10.0. The second-order valence-electron chi connectivity index (χ2n) is 5.07. The molecule has 1 heterocycles. The summed E-state index contributed by atoms with van der Waals surface area (Å²) in [7, 11) is 1.64. The molecule has 4 nitrogen and oxygen atoms in total. The Balaban J connectivity index is 1.75. The molecule has 1 fully saturated rings. The Morgan fingerprint density at radius 2 is 2.16 bits per heavy atom. The largest absolute Gasteiger partial charge is 0.497 e. The Labute approximate surface area is 114 Å². The lowest BCUT2D eigenvalue weighted by molar-refractivity contribution is 0.103. The van der Waals surface area contributed by atoms with Crippen molar-refractivity contribution in [3.63, 3.8) is 0 Å². The van der Waals surface area contributed by atoms with Gasteiger partial charge in [0, 0.05) is 19.7 Å². The summed E-state index contributed by atoms with van der Waals surface area (Å²) in [4.78, 5) is 0. The molecule has 0 radical (unpaired) electrons. The molecule has 0 spiro atoms. The minimum absolute atomic E-state index is 0.325. The second kappa shape index (κ2) is 6.89. The molecule has 4 heteroatoms. The maximum atomic E-state index is 10.1. The highest BCUT2D eigenvalue weighted by Crippen LogP contribution is 2.20. The van der Waals surface area contributed by atoms with Gasteiger partial charge >= 0.3 is 0 Å². The molecule has 0 saturated carbocycles. The number of hydrogen-bond donors (Lipinski definition) is 2. The van der Waals surface area contributed by atoms with Crippen LogP contribution in [0.1, 0.15) is 25.0 Å². The van der Waals surface area contributed by atoms with Gasteiger partial charge in [-0.05, 0) is 37.0 Å². The van der Waals surface area contributed by atoms with Gasteiger partial charge in [-0.15, -0.1) is 0 Å². The molecular formula is C15H23NO3. The van der Waals surface area contributed by atoms with Crippen LogP contribution in [0.2, 0.25) is 0 Å². The number of methoxy groups -OCH3 is 1. The highest BCUT2D eigenvalue weighted by molar-refractivity contribution is 5.28. The van der Waals surface area contributed by atoms with Crippen molar-refractivity contribution in [1.29, 1.82) is 0 Å². The van der Waals surface area contributed by atoms with Crippen LogP contribution in [-0.4, -0.2) is 38.0 Å². The minimum Gasteiger partial charge on any atom is -0.497 e. The summed E-state index contributed by atoms with van der Waals surface area (Å²) >= 11 is 0. The molecule has 1 aromatic carbocycles. The van der Waals surface area contributed by atoms with Gasteiger partial charge in [0.1, 0.15) is 5.75 Å². The van der Waals surface area contributed by atoms with Gasteiger partial charge in [0.05, 0.1) is 19.3 Å². The van der Waals surface area contributed by atoms with E-state index in [-0.39, 0.29) is 0 Å². The first-order valence-corrected chi connectivity index (χ1v) is 6.85. The summed E-state index contributed by atoms with van der Waals surface area (Å²) in [6, 6.07) is 7.52. The fourth-order valence-corrected chi connectivity index (χ4v) is 2.39. The molecule has 1 aliphatic rings. The third-order valence-electron chi connectivity index (χ3n) is 3.78. The van der Waals surface area contributed by atoms with E-state index in [1.165, 1.54) is 0 Å². The zero-order chi connectivity index (χ0) is 13.7. The first-order chi connectivity index (χ1) is 9.20. The summed E-state index contributed by atoms with van der Waals surface area (Å²) in [6.45, 7) is 4.43. The monoisotopic (exact) mass is 265 g/mol. The molecule has 0 aromatic heterocycles. The minimum atomic E-state index is -0.483. The van der Waals surface area contributed by atoms with Gasteiger partial charge in [-0.25, -0.2) is 0 Å². The van der Waals surface area contributed by atoms with E-state index in [0.717, 1.165) is 30.9 Å². The third kappa shape index (κ3) is 3.93. The van der Waals surface area contributed by atoms with E-state index in [1.807, 2.05) is 24.3 Å². The van der Waals surface area contributed by atoms with E-state index < -0.39 is 6.10 Å². The number of nitrogens with one attached hydrogen (secondary N) is 1. The van der Waals surface area contributed by atoms with E-state index >= 15 is 0 Å². The highest BCUT2D eigenvalue weighted by atomic mass is 16.5. The van der Waals surface area contributed by atoms with Crippen molar-refractivity contribution >= 4 is 0 Å². The molecule has 0 bridgehead atoms. The van der Waals surface area contributed by atoms with Crippen molar-refractivity contribution in [3.8, 4) is 5.75 Å². The van der Waals surface area contributed by atoms with Crippen LogP contribution < -0.4 is 10.1 Å². The molecule has 3 unspecified atom stereocenters. The molecule has 2 N–H and O–H groups in total. The normalized spacial score (nSPS) is 24.4. The van der Waals surface area contributed by atoms with Crippen molar-refractivity contribution in [2.24, 2.45) is 5.92 Å². The first-order valence-electron chi connectivity index (χ1n) is 6.85. The quantitative estimate of drug-likeness (QED) is 0.822.